The largest absolute Gasteiger partial charge is 0.451 e. The normalized spacial score (nSPS) is 15.0. The molecule has 0 atom stereocenters. The van der Waals surface area contributed by atoms with Crippen LogP contribution in [0.15, 0.2) is 30.3 Å². The quantitative estimate of drug-likeness (QED) is 0.723. The first kappa shape index (κ1) is 19.3. The summed E-state index contributed by atoms with van der Waals surface area (Å²) in [5.41, 5.74) is 0. The van der Waals surface area contributed by atoms with E-state index in [1.165, 1.54) is 16.2 Å². The first-order chi connectivity index (χ1) is 12.9. The Kier molecular flexibility index (Phi) is 6.08. The van der Waals surface area contributed by atoms with Gasteiger partial charge in [-0.1, -0.05) is 18.2 Å². The van der Waals surface area contributed by atoms with Crippen molar-refractivity contribution >= 4 is 39.2 Å². The van der Waals surface area contributed by atoms with Crippen LogP contribution in [0.5, 0.6) is 0 Å². The molecule has 0 bridgehead atoms. The SMILES string of the molecule is CN(C)C(=O)C[NH+]1CCN(C(=O)COC(=O)c2cc3ccccc3s2)CC1. The van der Waals surface area contributed by atoms with Crippen molar-refractivity contribution in [2.45, 2.75) is 0 Å². The van der Waals surface area contributed by atoms with Gasteiger partial charge < -0.3 is 19.4 Å². The number of piperazine rings is 1. The highest BCUT2D eigenvalue weighted by Crippen LogP contribution is 2.25. The number of benzene rings is 1. The van der Waals surface area contributed by atoms with Gasteiger partial charge in [-0.25, -0.2) is 4.79 Å². The first-order valence-corrected chi connectivity index (χ1v) is 9.73. The van der Waals surface area contributed by atoms with E-state index in [1.807, 2.05) is 24.3 Å². The fraction of sp³-hybridized carbons (Fsp3) is 0.421. The van der Waals surface area contributed by atoms with E-state index in [0.717, 1.165) is 23.2 Å². The number of rotatable bonds is 5. The van der Waals surface area contributed by atoms with E-state index in [2.05, 4.69) is 0 Å². The van der Waals surface area contributed by atoms with Crippen molar-refractivity contribution in [3.63, 3.8) is 0 Å². The Morgan fingerprint density at radius 1 is 1.19 bits per heavy atom. The van der Waals surface area contributed by atoms with E-state index in [-0.39, 0.29) is 18.4 Å². The number of hydrogen-bond donors (Lipinski definition) is 1. The van der Waals surface area contributed by atoms with Gasteiger partial charge in [-0.2, -0.15) is 0 Å². The van der Waals surface area contributed by atoms with Crippen molar-refractivity contribution < 1.29 is 24.0 Å². The van der Waals surface area contributed by atoms with Crippen LogP contribution in [0.1, 0.15) is 9.67 Å². The van der Waals surface area contributed by atoms with Crippen molar-refractivity contribution in [3.8, 4) is 0 Å². The lowest BCUT2D eigenvalue weighted by Crippen LogP contribution is -3.15. The van der Waals surface area contributed by atoms with Gasteiger partial charge in [-0.15, -0.1) is 11.3 Å². The zero-order valence-electron chi connectivity index (χ0n) is 15.6. The number of esters is 1. The smallest absolute Gasteiger partial charge is 0.348 e. The van der Waals surface area contributed by atoms with Crippen molar-refractivity contribution in [1.29, 1.82) is 0 Å². The number of fused-ring (bicyclic) bond motifs is 1. The maximum Gasteiger partial charge on any atom is 0.348 e. The number of likely N-dealkylation sites (N-methyl/N-ethyl adjacent to an activating group) is 1. The zero-order valence-corrected chi connectivity index (χ0v) is 16.4. The van der Waals surface area contributed by atoms with E-state index < -0.39 is 5.97 Å². The molecule has 1 aliphatic rings. The minimum atomic E-state index is -0.467. The summed E-state index contributed by atoms with van der Waals surface area (Å²) in [6.45, 7) is 2.75. The van der Waals surface area contributed by atoms with Crippen LogP contribution in [0.2, 0.25) is 0 Å². The van der Waals surface area contributed by atoms with Gasteiger partial charge in [0.25, 0.3) is 11.8 Å². The Labute approximate surface area is 162 Å². The molecule has 2 aromatic rings. The topological polar surface area (TPSA) is 71.4 Å². The van der Waals surface area contributed by atoms with Crippen LogP contribution >= 0.6 is 11.3 Å². The van der Waals surface area contributed by atoms with E-state index in [9.17, 15) is 14.4 Å². The molecular formula is C19H24N3O4S+. The molecule has 1 fully saturated rings. The van der Waals surface area contributed by atoms with Crippen LogP contribution in [-0.4, -0.2) is 81.0 Å². The van der Waals surface area contributed by atoms with E-state index in [0.29, 0.717) is 24.5 Å². The molecule has 27 heavy (non-hydrogen) atoms. The monoisotopic (exact) mass is 390 g/mol. The zero-order chi connectivity index (χ0) is 19.4. The average molecular weight is 390 g/mol. The standard InChI is InChI=1S/C19H23N3O4S/c1-20(2)17(23)12-21-7-9-22(10-8-21)18(24)13-26-19(25)16-11-14-5-3-4-6-15(14)27-16/h3-6,11H,7-10,12-13H2,1-2H3/p+1. The van der Waals surface area contributed by atoms with Crippen LogP contribution in [0.3, 0.4) is 0 Å². The fourth-order valence-corrected chi connectivity index (χ4v) is 3.95. The van der Waals surface area contributed by atoms with Gasteiger partial charge in [0.15, 0.2) is 13.2 Å². The Hall–Kier alpha value is -2.45. The molecule has 8 heteroatoms. The maximum atomic E-state index is 12.3. The highest BCUT2D eigenvalue weighted by atomic mass is 32.1. The van der Waals surface area contributed by atoms with Crippen molar-refractivity contribution in [2.24, 2.45) is 0 Å². The Balaban J connectivity index is 1.45. The molecule has 0 saturated carbocycles. The number of nitrogens with one attached hydrogen (secondary N) is 1. The van der Waals surface area contributed by atoms with Gasteiger partial charge in [0, 0.05) is 18.8 Å². The van der Waals surface area contributed by atoms with Gasteiger partial charge in [0.2, 0.25) is 0 Å². The summed E-state index contributed by atoms with van der Waals surface area (Å²) in [4.78, 5) is 41.2. The molecule has 1 N–H and O–H groups in total. The van der Waals surface area contributed by atoms with E-state index >= 15 is 0 Å². The number of thiophene rings is 1. The third-order valence-electron chi connectivity index (χ3n) is 4.68. The van der Waals surface area contributed by atoms with Crippen molar-refractivity contribution in [2.75, 3.05) is 53.4 Å². The molecule has 2 amide bonds. The molecule has 1 aliphatic heterocycles. The summed E-state index contributed by atoms with van der Waals surface area (Å²) in [5, 5.41) is 0.993. The Morgan fingerprint density at radius 3 is 2.56 bits per heavy atom. The van der Waals surface area contributed by atoms with Crippen molar-refractivity contribution in [3.05, 3.63) is 35.2 Å². The first-order valence-electron chi connectivity index (χ1n) is 8.91. The number of carbonyl (C=O) groups is 3. The third-order valence-corrected chi connectivity index (χ3v) is 5.77. The van der Waals surface area contributed by atoms with Gasteiger partial charge in [0.05, 0.1) is 26.2 Å². The van der Waals surface area contributed by atoms with E-state index in [4.69, 9.17) is 4.74 Å². The van der Waals surface area contributed by atoms with Crippen LogP contribution in [0.4, 0.5) is 0 Å². The van der Waals surface area contributed by atoms with Gasteiger partial charge >= 0.3 is 5.97 Å². The number of quaternary nitrogens is 1. The molecule has 2 heterocycles. The van der Waals surface area contributed by atoms with Crippen LogP contribution in [-0.2, 0) is 14.3 Å². The second-order valence-corrected chi connectivity index (χ2v) is 7.90. The van der Waals surface area contributed by atoms with E-state index in [1.54, 1.807) is 30.0 Å². The van der Waals surface area contributed by atoms with Crippen LogP contribution in [0.25, 0.3) is 10.1 Å². The minimum absolute atomic E-state index is 0.0852. The number of ether oxygens (including phenoxy) is 1. The highest BCUT2D eigenvalue weighted by Gasteiger charge is 2.26. The lowest BCUT2D eigenvalue weighted by atomic mass is 10.2. The summed E-state index contributed by atoms with van der Waals surface area (Å²) in [7, 11) is 3.49. The summed E-state index contributed by atoms with van der Waals surface area (Å²) < 4.78 is 6.22. The Bertz CT molecular complexity index is 807. The molecule has 1 saturated heterocycles. The molecule has 0 unspecified atom stereocenters. The lowest BCUT2D eigenvalue weighted by Gasteiger charge is -2.32. The number of hydrogen-bond acceptors (Lipinski definition) is 5. The molecule has 7 nitrogen and oxygen atoms in total. The second kappa shape index (κ2) is 8.49. The number of carbonyl (C=O) groups excluding carboxylic acids is 3. The predicted octanol–water partition coefficient (Wildman–Crippen LogP) is -0.127. The fourth-order valence-electron chi connectivity index (χ4n) is 2.99. The molecule has 1 aromatic carbocycles. The van der Waals surface area contributed by atoms with Crippen molar-refractivity contribution in [1.82, 2.24) is 9.80 Å². The molecule has 1 aromatic heterocycles. The molecule has 0 spiro atoms. The number of nitrogens with zero attached hydrogens (tertiary/aromatic N) is 2. The van der Waals surface area contributed by atoms with Gasteiger partial charge in [-0.05, 0) is 17.5 Å². The average Bonchev–Trinajstić information content (AvgIpc) is 3.10. The van der Waals surface area contributed by atoms with Gasteiger partial charge in [0.1, 0.15) is 4.88 Å². The molecule has 3 rings (SSSR count). The lowest BCUT2D eigenvalue weighted by molar-refractivity contribution is -0.896. The molecular weight excluding hydrogens is 366 g/mol. The Morgan fingerprint density at radius 2 is 1.89 bits per heavy atom. The maximum absolute atomic E-state index is 12.3. The minimum Gasteiger partial charge on any atom is -0.451 e. The third kappa shape index (κ3) is 4.84. The summed E-state index contributed by atoms with van der Waals surface area (Å²) in [6, 6.07) is 9.52. The van der Waals surface area contributed by atoms with Gasteiger partial charge in [-0.3, -0.25) is 9.59 Å². The number of amides is 2. The molecule has 144 valence electrons. The summed E-state index contributed by atoms with van der Waals surface area (Å²) in [5.74, 6) is -0.574. The molecule has 0 radical (unpaired) electrons. The molecule has 0 aliphatic carbocycles. The highest BCUT2D eigenvalue weighted by molar-refractivity contribution is 7.20. The van der Waals surface area contributed by atoms with Crippen LogP contribution in [0, 0.1) is 0 Å². The predicted molar refractivity (Wildman–Crippen MR) is 103 cm³/mol. The van der Waals surface area contributed by atoms with Crippen LogP contribution < -0.4 is 4.90 Å². The second-order valence-electron chi connectivity index (χ2n) is 6.82. The summed E-state index contributed by atoms with van der Waals surface area (Å²) in [6.07, 6.45) is 0. The summed E-state index contributed by atoms with van der Waals surface area (Å²) >= 11 is 1.36.